The second kappa shape index (κ2) is 12.5. The van der Waals surface area contributed by atoms with Crippen LogP contribution in [-0.2, 0) is 17.8 Å². The summed E-state index contributed by atoms with van der Waals surface area (Å²) in [6.45, 7) is 11.3. The van der Waals surface area contributed by atoms with E-state index in [4.69, 9.17) is 9.47 Å². The highest BCUT2D eigenvalue weighted by Crippen LogP contribution is 2.16. The predicted molar refractivity (Wildman–Crippen MR) is 128 cm³/mol. The van der Waals surface area contributed by atoms with Crippen molar-refractivity contribution in [1.29, 1.82) is 0 Å². The number of benzene rings is 2. The molecule has 0 bridgehead atoms. The van der Waals surface area contributed by atoms with Crippen molar-refractivity contribution in [2.24, 2.45) is 5.92 Å². The van der Waals surface area contributed by atoms with Gasteiger partial charge in [0.1, 0.15) is 18.0 Å². The molecule has 0 aliphatic carbocycles. The zero-order valence-electron chi connectivity index (χ0n) is 19.9. The number of rotatable bonds is 11. The molecule has 0 saturated carbocycles. The highest BCUT2D eigenvalue weighted by molar-refractivity contribution is 5.68. The summed E-state index contributed by atoms with van der Waals surface area (Å²) in [4.78, 5) is 12.3. The standard InChI is InChI=1S/C26H38N2O4/c1-19(2)16-27-17-24(29)23(28-25(30)32-26(3,4)5)15-20-11-13-22(14-12-20)31-18-21-9-7-6-8-10-21/h6-14,19,23-24,27,29H,15-18H2,1-5H3,(H,28,30)/t23?,24-/m1/s1. The minimum absolute atomic E-state index is 0.386. The number of amides is 1. The monoisotopic (exact) mass is 442 g/mol. The van der Waals surface area contributed by atoms with Gasteiger partial charge in [-0.25, -0.2) is 4.79 Å². The molecular weight excluding hydrogens is 404 g/mol. The summed E-state index contributed by atoms with van der Waals surface area (Å²) < 4.78 is 11.2. The fourth-order valence-corrected chi connectivity index (χ4v) is 3.12. The van der Waals surface area contributed by atoms with Crippen molar-refractivity contribution in [3.05, 3.63) is 65.7 Å². The van der Waals surface area contributed by atoms with Crippen molar-refractivity contribution in [3.8, 4) is 5.75 Å². The second-order valence-corrected chi connectivity index (χ2v) is 9.49. The van der Waals surface area contributed by atoms with Crippen LogP contribution in [-0.4, -0.2) is 42.0 Å². The number of alkyl carbamates (subject to hydrolysis) is 1. The maximum atomic E-state index is 12.3. The normalized spacial score (nSPS) is 13.5. The van der Waals surface area contributed by atoms with Crippen LogP contribution in [0.25, 0.3) is 0 Å². The van der Waals surface area contributed by atoms with Crippen molar-refractivity contribution < 1.29 is 19.4 Å². The summed E-state index contributed by atoms with van der Waals surface area (Å²) in [5, 5.41) is 16.8. The number of carbonyl (C=O) groups excluding carboxylic acids is 1. The first-order chi connectivity index (χ1) is 15.1. The molecule has 0 saturated heterocycles. The molecule has 3 N–H and O–H groups in total. The fourth-order valence-electron chi connectivity index (χ4n) is 3.12. The smallest absolute Gasteiger partial charge is 0.407 e. The van der Waals surface area contributed by atoms with Gasteiger partial charge in [-0.05, 0) is 62.9 Å². The van der Waals surface area contributed by atoms with E-state index in [-0.39, 0.29) is 0 Å². The number of nitrogens with one attached hydrogen (secondary N) is 2. The van der Waals surface area contributed by atoms with Crippen LogP contribution in [0.5, 0.6) is 5.75 Å². The quantitative estimate of drug-likeness (QED) is 0.483. The Labute approximate surface area is 192 Å². The van der Waals surface area contributed by atoms with Gasteiger partial charge in [0.05, 0.1) is 12.1 Å². The van der Waals surface area contributed by atoms with E-state index in [2.05, 4.69) is 24.5 Å². The highest BCUT2D eigenvalue weighted by atomic mass is 16.6. The zero-order chi connectivity index (χ0) is 23.6. The van der Waals surface area contributed by atoms with Crippen molar-refractivity contribution in [2.45, 2.75) is 65.4 Å². The number of hydrogen-bond donors (Lipinski definition) is 3. The van der Waals surface area contributed by atoms with Gasteiger partial charge in [-0.1, -0.05) is 56.3 Å². The topological polar surface area (TPSA) is 79.8 Å². The minimum Gasteiger partial charge on any atom is -0.489 e. The number of aliphatic hydroxyl groups is 1. The molecule has 176 valence electrons. The summed E-state index contributed by atoms with van der Waals surface area (Å²) in [6, 6.07) is 17.2. The van der Waals surface area contributed by atoms with Gasteiger partial charge in [-0.15, -0.1) is 0 Å². The van der Waals surface area contributed by atoms with E-state index in [1.54, 1.807) is 0 Å². The van der Waals surface area contributed by atoms with Gasteiger partial charge < -0.3 is 25.2 Å². The Hall–Kier alpha value is -2.57. The second-order valence-electron chi connectivity index (χ2n) is 9.49. The lowest BCUT2D eigenvalue weighted by Crippen LogP contribution is -2.50. The average Bonchev–Trinajstić information content (AvgIpc) is 2.72. The molecule has 32 heavy (non-hydrogen) atoms. The Balaban J connectivity index is 1.98. The molecule has 0 fully saturated rings. The van der Waals surface area contributed by atoms with E-state index in [0.29, 0.717) is 25.5 Å². The van der Waals surface area contributed by atoms with E-state index in [9.17, 15) is 9.90 Å². The van der Waals surface area contributed by atoms with Gasteiger partial charge in [-0.3, -0.25) is 0 Å². The van der Waals surface area contributed by atoms with Gasteiger partial charge in [0.2, 0.25) is 0 Å². The molecule has 1 unspecified atom stereocenters. The van der Waals surface area contributed by atoms with Crippen LogP contribution in [0.4, 0.5) is 4.79 Å². The molecule has 1 amide bonds. The molecule has 2 atom stereocenters. The molecular formula is C26H38N2O4. The Kier molecular flexibility index (Phi) is 10.0. The molecule has 0 heterocycles. The molecule has 0 spiro atoms. The maximum Gasteiger partial charge on any atom is 0.407 e. The number of carbonyl (C=O) groups is 1. The van der Waals surface area contributed by atoms with Crippen LogP contribution in [0.1, 0.15) is 45.7 Å². The summed E-state index contributed by atoms with van der Waals surface area (Å²) in [5.74, 6) is 1.25. The molecule has 0 aromatic heterocycles. The molecule has 0 aliphatic heterocycles. The van der Waals surface area contributed by atoms with Crippen molar-refractivity contribution in [3.63, 3.8) is 0 Å². The van der Waals surface area contributed by atoms with Gasteiger partial charge in [0.15, 0.2) is 0 Å². The largest absolute Gasteiger partial charge is 0.489 e. The Bertz CT molecular complexity index is 801. The molecule has 2 aromatic rings. The van der Waals surface area contributed by atoms with Crippen LogP contribution >= 0.6 is 0 Å². The third kappa shape index (κ3) is 10.2. The molecule has 0 aliphatic rings. The summed E-state index contributed by atoms with van der Waals surface area (Å²) >= 11 is 0. The fraction of sp³-hybridized carbons (Fsp3) is 0.500. The SMILES string of the molecule is CC(C)CNC[C@@H](O)C(Cc1ccc(OCc2ccccc2)cc1)NC(=O)OC(C)(C)C. The van der Waals surface area contributed by atoms with Crippen LogP contribution in [0, 0.1) is 5.92 Å². The van der Waals surface area contributed by atoms with E-state index in [1.165, 1.54) is 0 Å². The number of hydrogen-bond acceptors (Lipinski definition) is 5. The molecule has 6 nitrogen and oxygen atoms in total. The molecule has 2 aromatic carbocycles. The van der Waals surface area contributed by atoms with E-state index >= 15 is 0 Å². The Morgan fingerprint density at radius 1 is 0.969 bits per heavy atom. The predicted octanol–water partition coefficient (Wildman–Crippen LogP) is 4.31. The van der Waals surface area contributed by atoms with E-state index in [0.717, 1.165) is 23.4 Å². The van der Waals surface area contributed by atoms with Crippen molar-refractivity contribution in [1.82, 2.24) is 10.6 Å². The third-order valence-corrected chi connectivity index (χ3v) is 4.70. The minimum atomic E-state index is -0.754. The first kappa shape index (κ1) is 25.7. The van der Waals surface area contributed by atoms with Gasteiger partial charge >= 0.3 is 6.09 Å². The van der Waals surface area contributed by atoms with Gasteiger partial charge in [-0.2, -0.15) is 0 Å². The number of ether oxygens (including phenoxy) is 2. The summed E-state index contributed by atoms with van der Waals surface area (Å²) in [6.07, 6.45) is -0.813. The number of aliphatic hydroxyl groups excluding tert-OH is 1. The first-order valence-corrected chi connectivity index (χ1v) is 11.3. The van der Waals surface area contributed by atoms with Crippen molar-refractivity contribution in [2.75, 3.05) is 13.1 Å². The Morgan fingerprint density at radius 3 is 2.22 bits per heavy atom. The summed E-state index contributed by atoms with van der Waals surface area (Å²) in [7, 11) is 0. The molecule has 2 rings (SSSR count). The van der Waals surface area contributed by atoms with Gasteiger partial charge in [0.25, 0.3) is 0 Å². The summed E-state index contributed by atoms with van der Waals surface area (Å²) in [5.41, 5.74) is 1.49. The van der Waals surface area contributed by atoms with Crippen molar-refractivity contribution >= 4 is 6.09 Å². The van der Waals surface area contributed by atoms with Gasteiger partial charge in [0, 0.05) is 6.54 Å². The first-order valence-electron chi connectivity index (χ1n) is 11.3. The van der Waals surface area contributed by atoms with Crippen LogP contribution in [0.2, 0.25) is 0 Å². The average molecular weight is 443 g/mol. The van der Waals surface area contributed by atoms with E-state index < -0.39 is 23.8 Å². The van der Waals surface area contributed by atoms with E-state index in [1.807, 2.05) is 75.4 Å². The van der Waals surface area contributed by atoms with Crippen LogP contribution in [0.3, 0.4) is 0 Å². The Morgan fingerprint density at radius 2 is 1.62 bits per heavy atom. The molecule has 0 radical (unpaired) electrons. The van der Waals surface area contributed by atoms with Crippen LogP contribution in [0.15, 0.2) is 54.6 Å². The third-order valence-electron chi connectivity index (χ3n) is 4.70. The lowest BCUT2D eigenvalue weighted by atomic mass is 10.0. The zero-order valence-corrected chi connectivity index (χ0v) is 19.9. The highest BCUT2D eigenvalue weighted by Gasteiger charge is 2.25. The lowest BCUT2D eigenvalue weighted by Gasteiger charge is -2.27. The maximum absolute atomic E-state index is 12.3. The molecule has 6 heteroatoms. The van der Waals surface area contributed by atoms with Crippen LogP contribution < -0.4 is 15.4 Å². The lowest BCUT2D eigenvalue weighted by molar-refractivity contribution is 0.0422.